The van der Waals surface area contributed by atoms with E-state index in [1.165, 1.54) is 12.1 Å². The number of aryl methyl sites for hydroxylation is 2. The number of benzene rings is 3. The summed E-state index contributed by atoms with van der Waals surface area (Å²) in [5, 5.41) is 48.3. The van der Waals surface area contributed by atoms with Crippen LogP contribution in [0.3, 0.4) is 0 Å². The standard InChI is InChI=1S/C27H20F6N6O3/c1-14-5-3-7-19(40)23(14)38-12-21(34-36-38)25(42,16-9-17(26(28,29)30)11-18(10-16)27(31,32)33)22-13-39(37-35-22)24-15(2)6-4-8-20(24)41/h3-13,40-42H,1-2H3. The van der Waals surface area contributed by atoms with Gasteiger partial charge >= 0.3 is 12.4 Å². The molecule has 0 radical (unpaired) electrons. The second-order valence-electron chi connectivity index (χ2n) is 9.49. The predicted octanol–water partition coefficient (Wildman–Crippen LogP) is 5.20. The van der Waals surface area contributed by atoms with Crippen LogP contribution in [0.4, 0.5) is 26.3 Å². The molecule has 0 spiro atoms. The van der Waals surface area contributed by atoms with Crippen molar-refractivity contribution in [3.8, 4) is 22.9 Å². The Morgan fingerprint density at radius 2 is 1.00 bits per heavy atom. The van der Waals surface area contributed by atoms with Crippen LogP contribution in [0, 0.1) is 13.8 Å². The van der Waals surface area contributed by atoms with Gasteiger partial charge in [-0.3, -0.25) is 0 Å². The lowest BCUT2D eigenvalue weighted by Crippen LogP contribution is -2.31. The van der Waals surface area contributed by atoms with Gasteiger partial charge in [0.1, 0.15) is 34.3 Å². The molecule has 0 bridgehead atoms. The quantitative estimate of drug-likeness (QED) is 0.241. The molecule has 0 fully saturated rings. The average molecular weight is 590 g/mol. The number of hydrogen-bond donors (Lipinski definition) is 3. The Labute approximate surface area is 232 Å². The molecule has 42 heavy (non-hydrogen) atoms. The van der Waals surface area contributed by atoms with E-state index in [2.05, 4.69) is 20.6 Å². The summed E-state index contributed by atoms with van der Waals surface area (Å²) in [6.45, 7) is 3.23. The van der Waals surface area contributed by atoms with Crippen molar-refractivity contribution in [2.45, 2.75) is 31.8 Å². The van der Waals surface area contributed by atoms with Gasteiger partial charge in [-0.2, -0.15) is 26.3 Å². The molecule has 0 saturated heterocycles. The Bertz CT molecular complexity index is 1630. The highest BCUT2D eigenvalue weighted by atomic mass is 19.4. The van der Waals surface area contributed by atoms with E-state index in [0.29, 0.717) is 23.3 Å². The second kappa shape index (κ2) is 9.87. The Morgan fingerprint density at radius 3 is 1.36 bits per heavy atom. The number of phenolic OH excluding ortho intramolecular Hbond substituents is 2. The van der Waals surface area contributed by atoms with Crippen molar-refractivity contribution in [1.82, 2.24) is 30.0 Å². The number of para-hydroxylation sites is 2. The minimum atomic E-state index is -5.22. The maximum Gasteiger partial charge on any atom is 0.416 e. The first-order valence-corrected chi connectivity index (χ1v) is 12.1. The molecule has 0 aliphatic rings. The number of hydrogen-bond acceptors (Lipinski definition) is 7. The fourth-order valence-electron chi connectivity index (χ4n) is 4.55. The number of aromatic hydroxyl groups is 2. The largest absolute Gasteiger partial charge is 0.506 e. The van der Waals surface area contributed by atoms with E-state index in [1.54, 1.807) is 38.1 Å². The normalized spacial score (nSPS) is 12.6. The van der Waals surface area contributed by atoms with Gasteiger partial charge in [0.05, 0.1) is 23.5 Å². The van der Waals surface area contributed by atoms with Crippen molar-refractivity contribution in [3.63, 3.8) is 0 Å². The molecule has 3 aromatic carbocycles. The Morgan fingerprint density at radius 1 is 0.619 bits per heavy atom. The monoisotopic (exact) mass is 590 g/mol. The van der Waals surface area contributed by atoms with Crippen molar-refractivity contribution in [2.75, 3.05) is 0 Å². The summed E-state index contributed by atoms with van der Waals surface area (Å²) in [5.41, 5.74) is -6.99. The lowest BCUT2D eigenvalue weighted by atomic mass is 9.85. The topological polar surface area (TPSA) is 122 Å². The molecule has 0 atom stereocenters. The molecule has 0 aliphatic heterocycles. The van der Waals surface area contributed by atoms with Crippen LogP contribution < -0.4 is 0 Å². The van der Waals surface area contributed by atoms with Crippen LogP contribution in [0.15, 0.2) is 67.0 Å². The highest BCUT2D eigenvalue weighted by molar-refractivity contribution is 5.53. The molecular weight excluding hydrogens is 570 g/mol. The minimum Gasteiger partial charge on any atom is -0.506 e. The number of aliphatic hydroxyl groups is 1. The van der Waals surface area contributed by atoms with Crippen LogP contribution in [0.25, 0.3) is 11.4 Å². The van der Waals surface area contributed by atoms with Crippen LogP contribution in [0.5, 0.6) is 11.5 Å². The zero-order valence-corrected chi connectivity index (χ0v) is 21.6. The Kier molecular flexibility index (Phi) is 6.72. The molecule has 5 rings (SSSR count). The maximum atomic E-state index is 13.8. The first kappa shape index (κ1) is 28.6. The van der Waals surface area contributed by atoms with Crippen molar-refractivity contribution < 1.29 is 41.7 Å². The summed E-state index contributed by atoms with van der Waals surface area (Å²) in [6.07, 6.45) is -8.35. The number of aromatic nitrogens is 6. The third kappa shape index (κ3) is 4.91. The van der Waals surface area contributed by atoms with Gasteiger partial charge in [0.15, 0.2) is 5.60 Å². The van der Waals surface area contributed by atoms with Gasteiger partial charge in [-0.15, -0.1) is 10.2 Å². The van der Waals surface area contributed by atoms with Gasteiger partial charge in [0.2, 0.25) is 0 Å². The summed E-state index contributed by atoms with van der Waals surface area (Å²) in [4.78, 5) is 0. The van der Waals surface area contributed by atoms with Crippen LogP contribution in [0.2, 0.25) is 0 Å². The van der Waals surface area contributed by atoms with Crippen LogP contribution in [-0.2, 0) is 18.0 Å². The smallest absolute Gasteiger partial charge is 0.416 e. The van der Waals surface area contributed by atoms with E-state index in [4.69, 9.17) is 0 Å². The third-order valence-electron chi connectivity index (χ3n) is 6.62. The first-order valence-electron chi connectivity index (χ1n) is 12.1. The molecule has 3 N–H and O–H groups in total. The summed E-state index contributed by atoms with van der Waals surface area (Å²) in [5.74, 6) is -0.510. The molecule has 2 heterocycles. The maximum absolute atomic E-state index is 13.8. The van der Waals surface area contributed by atoms with Gasteiger partial charge in [0.25, 0.3) is 0 Å². The van der Waals surface area contributed by atoms with Crippen molar-refractivity contribution >= 4 is 0 Å². The summed E-state index contributed by atoms with van der Waals surface area (Å²) < 4.78 is 84.8. The lowest BCUT2D eigenvalue weighted by Gasteiger charge is -2.26. The molecule has 0 saturated carbocycles. The lowest BCUT2D eigenvalue weighted by molar-refractivity contribution is -0.143. The molecule has 0 unspecified atom stereocenters. The van der Waals surface area contributed by atoms with E-state index >= 15 is 0 Å². The molecule has 0 aliphatic carbocycles. The van der Waals surface area contributed by atoms with Crippen molar-refractivity contribution in [2.24, 2.45) is 0 Å². The molecule has 0 amide bonds. The summed E-state index contributed by atoms with van der Waals surface area (Å²) in [7, 11) is 0. The van der Waals surface area contributed by atoms with E-state index < -0.39 is 46.0 Å². The highest BCUT2D eigenvalue weighted by Crippen LogP contribution is 2.42. The summed E-state index contributed by atoms with van der Waals surface area (Å²) in [6, 6.07) is 9.61. The van der Waals surface area contributed by atoms with Gasteiger partial charge in [0, 0.05) is 0 Å². The number of rotatable bonds is 5. The van der Waals surface area contributed by atoms with Gasteiger partial charge in [-0.25, -0.2) is 9.36 Å². The second-order valence-corrected chi connectivity index (χ2v) is 9.49. The molecule has 218 valence electrons. The van der Waals surface area contributed by atoms with Gasteiger partial charge < -0.3 is 15.3 Å². The zero-order valence-electron chi connectivity index (χ0n) is 21.6. The Balaban J connectivity index is 1.79. The van der Waals surface area contributed by atoms with Crippen LogP contribution in [0.1, 0.15) is 39.2 Å². The van der Waals surface area contributed by atoms with E-state index in [1.807, 2.05) is 0 Å². The van der Waals surface area contributed by atoms with Gasteiger partial charge in [-0.1, -0.05) is 34.7 Å². The van der Waals surface area contributed by atoms with Crippen molar-refractivity contribution in [3.05, 3.63) is 106 Å². The van der Waals surface area contributed by atoms with Crippen LogP contribution >= 0.6 is 0 Å². The number of nitrogens with zero attached hydrogens (tertiary/aromatic N) is 6. The highest BCUT2D eigenvalue weighted by Gasteiger charge is 2.45. The molecule has 9 nitrogen and oxygen atoms in total. The predicted molar refractivity (Wildman–Crippen MR) is 134 cm³/mol. The van der Waals surface area contributed by atoms with Gasteiger partial charge in [-0.05, 0) is 60.9 Å². The number of phenols is 2. The SMILES string of the molecule is Cc1cccc(O)c1-n1cc(C(O)(c2cc(C(F)(F)F)cc(C(F)(F)F)c2)c2cn(-c3c(C)cccc3O)nn2)nn1. The minimum absolute atomic E-state index is 0.0750. The fourth-order valence-corrected chi connectivity index (χ4v) is 4.55. The molecular formula is C27H20F6N6O3. The van der Waals surface area contributed by atoms with E-state index in [0.717, 1.165) is 21.8 Å². The van der Waals surface area contributed by atoms with Crippen molar-refractivity contribution in [1.29, 1.82) is 0 Å². The number of halogens is 6. The molecule has 5 aromatic rings. The van der Waals surface area contributed by atoms with Crippen LogP contribution in [-0.4, -0.2) is 45.3 Å². The van der Waals surface area contributed by atoms with E-state index in [9.17, 15) is 41.7 Å². The summed E-state index contributed by atoms with van der Waals surface area (Å²) >= 11 is 0. The first-order chi connectivity index (χ1) is 19.6. The average Bonchev–Trinajstić information content (AvgIpc) is 3.58. The zero-order chi connectivity index (χ0) is 30.6. The number of alkyl halides is 6. The molecule has 15 heteroatoms. The fraction of sp³-hybridized carbons (Fsp3) is 0.185. The third-order valence-corrected chi connectivity index (χ3v) is 6.62. The Hall–Kier alpha value is -4.92. The van der Waals surface area contributed by atoms with E-state index in [-0.39, 0.29) is 28.9 Å². The molecule has 2 aromatic heterocycles.